The third kappa shape index (κ3) is 2.62. The lowest BCUT2D eigenvalue weighted by molar-refractivity contribution is -0.229. The van der Waals surface area contributed by atoms with Crippen molar-refractivity contribution in [1.82, 2.24) is 0 Å². The minimum absolute atomic E-state index is 0.567. The van der Waals surface area contributed by atoms with Crippen molar-refractivity contribution in [1.29, 1.82) is 0 Å². The lowest BCUT2D eigenvalue weighted by Gasteiger charge is -2.72. The van der Waals surface area contributed by atoms with Crippen molar-refractivity contribution in [3.8, 4) is 0 Å². The summed E-state index contributed by atoms with van der Waals surface area (Å²) in [5.41, 5.74) is 2.36. The van der Waals surface area contributed by atoms with E-state index in [2.05, 4.69) is 48.5 Å². The third-order valence-corrected chi connectivity index (χ3v) is 12.9. The van der Waals surface area contributed by atoms with Crippen LogP contribution in [0.2, 0.25) is 0 Å². The van der Waals surface area contributed by atoms with Crippen LogP contribution in [0.3, 0.4) is 0 Å². The average molecular weight is 399 g/mol. The molecule has 0 aliphatic heterocycles. The van der Waals surface area contributed by atoms with Gasteiger partial charge in [0.1, 0.15) is 0 Å². The minimum Gasteiger partial charge on any atom is -0.0625 e. The van der Waals surface area contributed by atoms with Gasteiger partial charge in [-0.1, -0.05) is 54.9 Å². The SMILES string of the molecule is CC(C)[C@@H]1CC[C@@H]2CC[C@]3(C)[C@H](CC[C@@H]4[C@@]5(C)CCCC(C)(C)[C@@H]5CC[C@]43C)[C@H]21. The Kier molecular flexibility index (Phi) is 4.69. The molecule has 0 N–H and O–H groups in total. The van der Waals surface area contributed by atoms with Crippen molar-refractivity contribution in [2.75, 3.05) is 0 Å². The summed E-state index contributed by atoms with van der Waals surface area (Å²) in [6.07, 6.45) is 16.8. The summed E-state index contributed by atoms with van der Waals surface area (Å²) in [7, 11) is 0. The van der Waals surface area contributed by atoms with Crippen molar-refractivity contribution in [3.05, 3.63) is 0 Å². The van der Waals surface area contributed by atoms with Gasteiger partial charge in [-0.15, -0.1) is 0 Å². The molecule has 5 fully saturated rings. The fourth-order valence-electron chi connectivity index (χ4n) is 11.5. The summed E-state index contributed by atoms with van der Waals surface area (Å²) in [6.45, 7) is 18.7. The van der Waals surface area contributed by atoms with Gasteiger partial charge in [0.05, 0.1) is 0 Å². The smallest absolute Gasteiger partial charge is 0.0235 e. The Balaban J connectivity index is 1.52. The Labute approximate surface area is 182 Å². The normalized spacial score (nSPS) is 56.3. The third-order valence-electron chi connectivity index (χ3n) is 12.9. The first-order valence-corrected chi connectivity index (χ1v) is 13.5. The second-order valence-electron chi connectivity index (χ2n) is 14.4. The van der Waals surface area contributed by atoms with Gasteiger partial charge in [-0.2, -0.15) is 0 Å². The second-order valence-corrected chi connectivity index (χ2v) is 14.4. The van der Waals surface area contributed by atoms with Gasteiger partial charge in [0.25, 0.3) is 0 Å². The Morgan fingerprint density at radius 3 is 2.10 bits per heavy atom. The van der Waals surface area contributed by atoms with Gasteiger partial charge in [-0.05, 0) is 127 Å². The molecule has 0 heterocycles. The highest BCUT2D eigenvalue weighted by atomic mass is 14.7. The number of hydrogen-bond acceptors (Lipinski definition) is 0. The van der Waals surface area contributed by atoms with Gasteiger partial charge in [0, 0.05) is 0 Å². The van der Waals surface area contributed by atoms with Crippen LogP contribution in [0.5, 0.6) is 0 Å². The molecule has 5 aliphatic rings. The van der Waals surface area contributed by atoms with Crippen LogP contribution in [-0.2, 0) is 0 Å². The van der Waals surface area contributed by atoms with E-state index < -0.39 is 0 Å². The molecule has 0 aromatic heterocycles. The Morgan fingerprint density at radius 1 is 0.655 bits per heavy atom. The standard InChI is InChI=1S/C29H50/c1-19(2)21-10-9-20-13-17-28(6)22(25(20)21)11-12-24-27(5)16-8-15-26(3,4)23(27)14-18-29(24,28)7/h19-25H,8-18H2,1-7H3/t20-,21+,22-,23+,24-,25-,27+,28-,29-/m1/s1. The van der Waals surface area contributed by atoms with Gasteiger partial charge >= 0.3 is 0 Å². The first kappa shape index (κ1) is 20.9. The molecule has 166 valence electrons. The van der Waals surface area contributed by atoms with E-state index in [9.17, 15) is 0 Å². The van der Waals surface area contributed by atoms with E-state index in [1.807, 2.05) is 0 Å². The predicted octanol–water partition coefficient (Wildman–Crippen LogP) is 8.74. The molecule has 29 heavy (non-hydrogen) atoms. The predicted molar refractivity (Wildman–Crippen MR) is 125 cm³/mol. The van der Waals surface area contributed by atoms with Crippen LogP contribution in [0.15, 0.2) is 0 Å². The van der Waals surface area contributed by atoms with Crippen molar-refractivity contribution >= 4 is 0 Å². The van der Waals surface area contributed by atoms with E-state index in [-0.39, 0.29) is 0 Å². The molecule has 0 aromatic rings. The summed E-state index contributed by atoms with van der Waals surface area (Å²) >= 11 is 0. The summed E-state index contributed by atoms with van der Waals surface area (Å²) < 4.78 is 0. The van der Waals surface area contributed by atoms with Crippen LogP contribution >= 0.6 is 0 Å². The van der Waals surface area contributed by atoms with Crippen LogP contribution in [-0.4, -0.2) is 0 Å². The van der Waals surface area contributed by atoms with E-state index >= 15 is 0 Å². The molecule has 0 unspecified atom stereocenters. The molecule has 5 saturated carbocycles. The zero-order chi connectivity index (χ0) is 20.8. The van der Waals surface area contributed by atoms with Crippen molar-refractivity contribution in [2.24, 2.45) is 63.1 Å². The maximum absolute atomic E-state index is 2.81. The maximum atomic E-state index is 2.81. The molecule has 0 bridgehead atoms. The van der Waals surface area contributed by atoms with Crippen LogP contribution in [0.4, 0.5) is 0 Å². The lowest BCUT2D eigenvalue weighted by atomic mass is 9.33. The fraction of sp³-hybridized carbons (Fsp3) is 1.00. The highest BCUT2D eigenvalue weighted by Crippen LogP contribution is 2.76. The van der Waals surface area contributed by atoms with Gasteiger partial charge in [0.15, 0.2) is 0 Å². The summed E-state index contributed by atoms with van der Waals surface area (Å²) in [4.78, 5) is 0. The second kappa shape index (κ2) is 6.51. The number of fused-ring (bicyclic) bond motifs is 7. The molecule has 0 heteroatoms. The van der Waals surface area contributed by atoms with Crippen molar-refractivity contribution in [3.63, 3.8) is 0 Å². The van der Waals surface area contributed by atoms with Gasteiger partial charge < -0.3 is 0 Å². The summed E-state index contributed by atoms with van der Waals surface area (Å²) in [5.74, 6) is 7.00. The molecular formula is C29H50. The van der Waals surface area contributed by atoms with Crippen molar-refractivity contribution < 1.29 is 0 Å². The van der Waals surface area contributed by atoms with Gasteiger partial charge in [-0.3, -0.25) is 0 Å². The molecule has 0 aromatic carbocycles. The van der Waals surface area contributed by atoms with E-state index in [4.69, 9.17) is 0 Å². The van der Waals surface area contributed by atoms with Crippen LogP contribution in [0, 0.1) is 63.1 Å². The quantitative estimate of drug-likeness (QED) is 0.414. The molecule has 9 atom stereocenters. The molecular weight excluding hydrogens is 348 g/mol. The molecule has 0 radical (unpaired) electrons. The highest BCUT2D eigenvalue weighted by molar-refractivity contribution is 5.17. The van der Waals surface area contributed by atoms with E-state index in [0.29, 0.717) is 21.7 Å². The molecule has 5 aliphatic carbocycles. The Morgan fingerprint density at radius 2 is 1.38 bits per heavy atom. The molecule has 0 spiro atoms. The minimum atomic E-state index is 0.567. The monoisotopic (exact) mass is 398 g/mol. The Hall–Kier alpha value is 0. The van der Waals surface area contributed by atoms with E-state index in [1.165, 1.54) is 38.5 Å². The van der Waals surface area contributed by atoms with Crippen LogP contribution in [0.25, 0.3) is 0 Å². The maximum Gasteiger partial charge on any atom is -0.0235 e. The number of hydrogen-bond donors (Lipinski definition) is 0. The largest absolute Gasteiger partial charge is 0.0625 e. The van der Waals surface area contributed by atoms with Gasteiger partial charge in [0.2, 0.25) is 0 Å². The van der Waals surface area contributed by atoms with E-state index in [0.717, 1.165) is 41.4 Å². The first-order chi connectivity index (χ1) is 13.5. The molecule has 5 rings (SSSR count). The van der Waals surface area contributed by atoms with Crippen molar-refractivity contribution in [2.45, 2.75) is 119 Å². The van der Waals surface area contributed by atoms with Crippen LogP contribution < -0.4 is 0 Å². The Bertz CT molecular complexity index is 644. The molecule has 0 amide bonds. The summed E-state index contributed by atoms with van der Waals surface area (Å²) in [6, 6.07) is 0. The zero-order valence-electron chi connectivity index (χ0n) is 20.8. The topological polar surface area (TPSA) is 0 Å². The summed E-state index contributed by atoms with van der Waals surface area (Å²) in [5, 5.41) is 0. The average Bonchev–Trinajstić information content (AvgIpc) is 3.06. The molecule has 0 saturated heterocycles. The zero-order valence-corrected chi connectivity index (χ0v) is 20.8. The van der Waals surface area contributed by atoms with Gasteiger partial charge in [-0.25, -0.2) is 0 Å². The fourth-order valence-corrected chi connectivity index (χ4v) is 11.5. The van der Waals surface area contributed by atoms with E-state index in [1.54, 1.807) is 32.1 Å². The van der Waals surface area contributed by atoms with Crippen LogP contribution in [0.1, 0.15) is 119 Å². The lowest BCUT2D eigenvalue weighted by Crippen LogP contribution is -2.64. The number of rotatable bonds is 1. The first-order valence-electron chi connectivity index (χ1n) is 13.5. The highest BCUT2D eigenvalue weighted by Gasteiger charge is 2.68. The molecule has 0 nitrogen and oxygen atoms in total.